The Labute approximate surface area is 553 Å². The van der Waals surface area contributed by atoms with E-state index in [9.17, 15) is 14.7 Å². The van der Waals surface area contributed by atoms with Gasteiger partial charge in [0, 0.05) is 12.8 Å². The molecule has 0 spiro atoms. The molecule has 0 aliphatic carbocycles. The molecule has 0 radical (unpaired) electrons. The van der Waals surface area contributed by atoms with Crippen LogP contribution in [0.5, 0.6) is 0 Å². The van der Waals surface area contributed by atoms with E-state index in [0.717, 1.165) is 116 Å². The summed E-state index contributed by atoms with van der Waals surface area (Å²) < 4.78 is 10.8. The fraction of sp³-hybridized carbons (Fsp3) is 0.738. The molecule has 0 aliphatic heterocycles. The summed E-state index contributed by atoms with van der Waals surface area (Å²) in [5, 5.41) is 9.71. The molecule has 1 atom stereocenters. The monoisotopic (exact) mass is 1240 g/mol. The molecule has 0 bridgehead atoms. The van der Waals surface area contributed by atoms with Crippen LogP contribution in [0.2, 0.25) is 0 Å². The van der Waals surface area contributed by atoms with Gasteiger partial charge in [-0.15, -0.1) is 0 Å². The van der Waals surface area contributed by atoms with Crippen LogP contribution in [-0.4, -0.2) is 36.4 Å². The quantitative estimate of drug-likeness (QED) is 0.0373. The highest BCUT2D eigenvalue weighted by molar-refractivity contribution is 5.70. The Bertz CT molecular complexity index is 1740. The lowest BCUT2D eigenvalue weighted by molar-refractivity contribution is -0.161. The summed E-state index contributed by atoms with van der Waals surface area (Å²) >= 11 is 0. The van der Waals surface area contributed by atoms with Gasteiger partial charge in [-0.25, -0.2) is 0 Å². The first-order valence-corrected chi connectivity index (χ1v) is 38.6. The number of ether oxygens (including phenoxy) is 2. The second-order valence-corrected chi connectivity index (χ2v) is 25.7. The molecule has 0 heterocycles. The van der Waals surface area contributed by atoms with E-state index in [1.807, 2.05) is 0 Å². The molecular weight excluding hydrogens is 1090 g/mol. The number of rotatable bonds is 71. The van der Waals surface area contributed by atoms with Crippen molar-refractivity contribution in [3.05, 3.63) is 122 Å². The zero-order chi connectivity index (χ0) is 64.0. The molecule has 0 aromatic heterocycles. The number of hydrogen-bond acceptors (Lipinski definition) is 5. The van der Waals surface area contributed by atoms with Crippen LogP contribution in [0.25, 0.3) is 0 Å². The number of allylic oxidation sites excluding steroid dienone is 20. The van der Waals surface area contributed by atoms with Crippen molar-refractivity contribution in [2.45, 2.75) is 386 Å². The van der Waals surface area contributed by atoms with Gasteiger partial charge in [0.2, 0.25) is 0 Å². The second kappa shape index (κ2) is 78.5. The van der Waals surface area contributed by atoms with E-state index in [2.05, 4.69) is 135 Å². The molecule has 0 amide bonds. The van der Waals surface area contributed by atoms with Gasteiger partial charge in [-0.3, -0.25) is 9.59 Å². The smallest absolute Gasteiger partial charge is 0.306 e. The lowest BCUT2D eigenvalue weighted by atomic mass is 10.0. The van der Waals surface area contributed by atoms with Crippen molar-refractivity contribution in [1.82, 2.24) is 0 Å². The molecule has 0 saturated carbocycles. The van der Waals surface area contributed by atoms with Gasteiger partial charge >= 0.3 is 11.9 Å². The fourth-order valence-corrected chi connectivity index (χ4v) is 11.3. The van der Waals surface area contributed by atoms with Gasteiger partial charge in [0.25, 0.3) is 0 Å². The average Bonchev–Trinajstić information content (AvgIpc) is 3.55. The molecule has 1 unspecified atom stereocenters. The van der Waals surface area contributed by atoms with E-state index >= 15 is 0 Å². The van der Waals surface area contributed by atoms with E-state index in [4.69, 9.17) is 9.47 Å². The summed E-state index contributed by atoms with van der Waals surface area (Å²) in [5.41, 5.74) is 0. The van der Waals surface area contributed by atoms with Gasteiger partial charge in [0.05, 0.1) is 6.61 Å². The van der Waals surface area contributed by atoms with Crippen molar-refractivity contribution >= 4 is 11.9 Å². The largest absolute Gasteiger partial charge is 0.462 e. The first-order chi connectivity index (χ1) is 44.1. The van der Waals surface area contributed by atoms with Crippen LogP contribution >= 0.6 is 0 Å². The number of unbranched alkanes of at least 4 members (excludes halogenated alkanes) is 43. The number of carbonyl (C=O) groups is 2. The fourth-order valence-electron chi connectivity index (χ4n) is 11.3. The maximum Gasteiger partial charge on any atom is 0.306 e. The van der Waals surface area contributed by atoms with Crippen molar-refractivity contribution in [1.29, 1.82) is 0 Å². The zero-order valence-electron chi connectivity index (χ0n) is 58.9. The molecule has 0 fully saturated rings. The van der Waals surface area contributed by atoms with Crippen LogP contribution in [-0.2, 0) is 19.1 Å². The van der Waals surface area contributed by atoms with Gasteiger partial charge in [0.1, 0.15) is 6.61 Å². The minimum atomic E-state index is -0.795. The molecule has 89 heavy (non-hydrogen) atoms. The lowest BCUT2D eigenvalue weighted by Gasteiger charge is -2.15. The van der Waals surface area contributed by atoms with E-state index in [0.29, 0.717) is 12.8 Å². The Morgan fingerprint density at radius 1 is 0.270 bits per heavy atom. The number of carbonyl (C=O) groups excluding carboxylic acids is 2. The predicted octanol–water partition coefficient (Wildman–Crippen LogP) is 27.3. The topological polar surface area (TPSA) is 72.8 Å². The third-order valence-electron chi connectivity index (χ3n) is 17.0. The second-order valence-electron chi connectivity index (χ2n) is 25.7. The maximum atomic E-state index is 12.4. The Balaban J connectivity index is 3.49. The molecule has 0 rings (SSSR count). The standard InChI is InChI=1S/C84H146O5/c1-3-5-7-9-11-13-15-17-19-21-23-25-27-29-31-33-35-37-39-40-41-42-43-45-46-48-50-52-54-56-58-60-62-64-66-68-70-72-74-76-78-83(86)88-81-82(80-85)89-84(87)79-77-75-73-71-69-67-65-63-61-59-57-55-53-51-49-47-44-38-36-34-32-30-28-26-24-22-20-18-16-14-12-10-8-6-4-2/h6,8,12,14,18,20,24,26,30,32,36,38,47,49,53,55,59,61,65,67,82,85H,3-5,7,9-11,13,15-17,19,21-23,25,27-29,31,33-35,37,39-46,48,50-52,54,56-58,60,62-64,66,68-81H2,1-2H3/b8-6-,14-12-,20-18-,26-24-,32-30-,38-36-,49-47-,55-53-,61-59-,67-65-. The van der Waals surface area contributed by atoms with Crippen molar-refractivity contribution in [3.8, 4) is 0 Å². The summed E-state index contributed by atoms with van der Waals surface area (Å²) in [5.74, 6) is -0.612. The van der Waals surface area contributed by atoms with E-state index in [-0.39, 0.29) is 25.2 Å². The molecule has 0 saturated heterocycles. The van der Waals surface area contributed by atoms with Crippen molar-refractivity contribution < 1.29 is 24.2 Å². The van der Waals surface area contributed by atoms with Crippen LogP contribution < -0.4 is 0 Å². The van der Waals surface area contributed by atoms with E-state index < -0.39 is 6.10 Å². The summed E-state index contributed by atoms with van der Waals surface area (Å²) in [6, 6.07) is 0. The highest BCUT2D eigenvalue weighted by Crippen LogP contribution is 2.19. The number of aliphatic hydroxyl groups excluding tert-OH is 1. The number of aliphatic hydroxyl groups is 1. The molecule has 0 aromatic carbocycles. The third-order valence-corrected chi connectivity index (χ3v) is 17.0. The molecular formula is C84H146O5. The Morgan fingerprint density at radius 3 is 0.730 bits per heavy atom. The zero-order valence-corrected chi connectivity index (χ0v) is 58.9. The Morgan fingerprint density at radius 2 is 0.483 bits per heavy atom. The highest BCUT2D eigenvalue weighted by Gasteiger charge is 2.16. The first kappa shape index (κ1) is 85.3. The van der Waals surface area contributed by atoms with Gasteiger partial charge < -0.3 is 14.6 Å². The normalized spacial score (nSPS) is 12.9. The molecule has 0 aliphatic rings. The van der Waals surface area contributed by atoms with Crippen molar-refractivity contribution in [2.24, 2.45) is 0 Å². The minimum absolute atomic E-state index is 0.0799. The van der Waals surface area contributed by atoms with Gasteiger partial charge in [-0.1, -0.05) is 399 Å². The lowest BCUT2D eigenvalue weighted by Crippen LogP contribution is -2.28. The van der Waals surface area contributed by atoms with Gasteiger partial charge in [-0.05, 0) is 89.9 Å². The SMILES string of the molecule is CC/C=C\C/C=C\C/C=C\C/C=C\C/C=C\C/C=C\C/C=C\C/C=C\C/C=C\C/C=C\CCCCCCC(=O)OC(CO)COC(=O)CCCCCCCCCCCCCCCCCCCCCCCCCCCCCCCCCCCCCCCCCC. The summed E-state index contributed by atoms with van der Waals surface area (Å²) in [7, 11) is 0. The van der Waals surface area contributed by atoms with Gasteiger partial charge in [-0.2, -0.15) is 0 Å². The van der Waals surface area contributed by atoms with Crippen LogP contribution in [0.4, 0.5) is 0 Å². The van der Waals surface area contributed by atoms with Gasteiger partial charge in [0.15, 0.2) is 6.10 Å². The van der Waals surface area contributed by atoms with Crippen molar-refractivity contribution in [3.63, 3.8) is 0 Å². The molecule has 5 nitrogen and oxygen atoms in total. The van der Waals surface area contributed by atoms with E-state index in [1.54, 1.807) is 0 Å². The summed E-state index contributed by atoms with van der Waals surface area (Å²) in [6.07, 6.45) is 116. The molecule has 512 valence electrons. The van der Waals surface area contributed by atoms with Crippen LogP contribution in [0.15, 0.2) is 122 Å². The Kier molecular flexibility index (Phi) is 75.3. The Hall–Kier alpha value is -3.70. The third kappa shape index (κ3) is 76.7. The minimum Gasteiger partial charge on any atom is -0.462 e. The van der Waals surface area contributed by atoms with Crippen LogP contribution in [0.1, 0.15) is 380 Å². The number of esters is 2. The van der Waals surface area contributed by atoms with E-state index in [1.165, 1.54) is 238 Å². The molecule has 1 N–H and O–H groups in total. The number of hydrogen-bond donors (Lipinski definition) is 1. The molecule has 5 heteroatoms. The van der Waals surface area contributed by atoms with Crippen LogP contribution in [0, 0.1) is 0 Å². The maximum absolute atomic E-state index is 12.4. The predicted molar refractivity (Wildman–Crippen MR) is 394 cm³/mol. The van der Waals surface area contributed by atoms with Crippen molar-refractivity contribution in [2.75, 3.05) is 13.2 Å². The van der Waals surface area contributed by atoms with Crippen LogP contribution in [0.3, 0.4) is 0 Å². The average molecular weight is 1240 g/mol. The summed E-state index contributed by atoms with van der Waals surface area (Å²) in [4.78, 5) is 24.7. The molecule has 0 aromatic rings. The highest BCUT2D eigenvalue weighted by atomic mass is 16.6. The summed E-state index contributed by atoms with van der Waals surface area (Å²) in [6.45, 7) is 4.04. The first-order valence-electron chi connectivity index (χ1n) is 38.6.